The van der Waals surface area contributed by atoms with E-state index in [1.165, 1.54) is 41.3 Å². The molecule has 1 saturated carbocycles. The normalized spacial score (nSPS) is 17.6. The maximum atomic E-state index is 6.43. The molecule has 1 aliphatic rings. The van der Waals surface area contributed by atoms with Crippen LogP contribution in [0.5, 0.6) is 0 Å². The highest BCUT2D eigenvalue weighted by atomic mass is 15.1. The minimum atomic E-state index is 0.457. The number of benzene rings is 3. The number of hydrogen-bond acceptors (Lipinski definition) is 4. The van der Waals surface area contributed by atoms with Crippen LogP contribution in [-0.2, 0) is 0 Å². The molecular formula is C31H33N5. The van der Waals surface area contributed by atoms with Gasteiger partial charge in [0.05, 0.1) is 0 Å². The second-order valence-electron chi connectivity index (χ2n) is 10.0. The van der Waals surface area contributed by atoms with Crippen molar-refractivity contribution >= 4 is 22.1 Å². The molecule has 1 aliphatic carbocycles. The van der Waals surface area contributed by atoms with Crippen LogP contribution in [0.4, 0.5) is 5.82 Å². The topological polar surface area (TPSA) is 59.5 Å². The molecule has 6 rings (SSSR count). The summed E-state index contributed by atoms with van der Waals surface area (Å²) in [7, 11) is 0. The molecule has 2 N–H and O–H groups in total. The highest BCUT2D eigenvalue weighted by Crippen LogP contribution is 2.43. The number of nitrogen functional groups attached to an aromatic ring is 1. The molecule has 182 valence electrons. The second kappa shape index (κ2) is 9.40. The van der Waals surface area contributed by atoms with Gasteiger partial charge in [0.25, 0.3) is 0 Å². The van der Waals surface area contributed by atoms with E-state index >= 15 is 0 Å². The fourth-order valence-electron chi connectivity index (χ4n) is 5.72. The molecule has 0 radical (unpaired) electrons. The van der Waals surface area contributed by atoms with Gasteiger partial charge in [-0.1, -0.05) is 68.4 Å². The molecule has 0 spiro atoms. The van der Waals surface area contributed by atoms with Gasteiger partial charge in [0, 0.05) is 30.4 Å². The smallest absolute Gasteiger partial charge is 0.150 e. The molecule has 2 aromatic heterocycles. The Morgan fingerprint density at radius 1 is 0.889 bits per heavy atom. The summed E-state index contributed by atoms with van der Waals surface area (Å²) in [5.74, 6) is 2.84. The largest absolute Gasteiger partial charge is 0.382 e. The van der Waals surface area contributed by atoms with Crippen molar-refractivity contribution in [2.24, 2.45) is 5.92 Å². The predicted molar refractivity (Wildman–Crippen MR) is 149 cm³/mol. The van der Waals surface area contributed by atoms with E-state index in [1.54, 1.807) is 6.20 Å². The molecule has 2 heterocycles. The van der Waals surface area contributed by atoms with Crippen molar-refractivity contribution in [2.45, 2.75) is 32.6 Å². The van der Waals surface area contributed by atoms with Crippen LogP contribution in [0.25, 0.3) is 38.7 Å². The first kappa shape index (κ1) is 22.7. The van der Waals surface area contributed by atoms with E-state index in [0.29, 0.717) is 11.7 Å². The number of fused-ring (bicyclic) bond motifs is 2. The summed E-state index contributed by atoms with van der Waals surface area (Å²) in [5.41, 5.74) is 11.8. The van der Waals surface area contributed by atoms with Crippen molar-refractivity contribution in [2.75, 3.05) is 25.4 Å². The summed E-state index contributed by atoms with van der Waals surface area (Å²) < 4.78 is 2.18. The lowest BCUT2D eigenvalue weighted by atomic mass is 9.74. The van der Waals surface area contributed by atoms with Gasteiger partial charge < -0.3 is 10.6 Å². The van der Waals surface area contributed by atoms with Gasteiger partial charge in [-0.2, -0.15) is 0 Å². The Labute approximate surface area is 212 Å². The van der Waals surface area contributed by atoms with Gasteiger partial charge in [-0.25, -0.2) is 9.97 Å². The van der Waals surface area contributed by atoms with Gasteiger partial charge in [-0.3, -0.25) is 4.40 Å². The van der Waals surface area contributed by atoms with Crippen LogP contribution in [-0.4, -0.2) is 38.9 Å². The monoisotopic (exact) mass is 475 g/mol. The second-order valence-corrected chi connectivity index (χ2v) is 10.0. The molecule has 0 unspecified atom stereocenters. The number of imidazole rings is 1. The van der Waals surface area contributed by atoms with Gasteiger partial charge in [0.1, 0.15) is 22.9 Å². The van der Waals surface area contributed by atoms with Crippen LogP contribution in [0.2, 0.25) is 0 Å². The third kappa shape index (κ3) is 4.03. The Morgan fingerprint density at radius 2 is 1.61 bits per heavy atom. The lowest BCUT2D eigenvalue weighted by molar-refractivity contribution is 0.164. The molecule has 5 heteroatoms. The predicted octanol–water partition coefficient (Wildman–Crippen LogP) is 6.63. The molecule has 36 heavy (non-hydrogen) atoms. The number of hydrogen-bond donors (Lipinski definition) is 1. The van der Waals surface area contributed by atoms with Crippen molar-refractivity contribution in [1.82, 2.24) is 19.3 Å². The van der Waals surface area contributed by atoms with E-state index in [2.05, 4.69) is 94.9 Å². The number of anilines is 1. The first-order chi connectivity index (χ1) is 17.6. The van der Waals surface area contributed by atoms with Gasteiger partial charge in [-0.05, 0) is 65.9 Å². The number of nitrogens with two attached hydrogens (primary N) is 1. The summed E-state index contributed by atoms with van der Waals surface area (Å²) in [6.07, 6.45) is 6.16. The summed E-state index contributed by atoms with van der Waals surface area (Å²) in [4.78, 5) is 12.2. The molecule has 1 fully saturated rings. The average molecular weight is 476 g/mol. The number of aromatic nitrogens is 3. The molecule has 5 aromatic rings. The Balaban J connectivity index is 1.37. The van der Waals surface area contributed by atoms with Crippen LogP contribution in [0.3, 0.4) is 0 Å². The Bertz CT molecular complexity index is 1510. The lowest BCUT2D eigenvalue weighted by Crippen LogP contribution is -2.35. The van der Waals surface area contributed by atoms with Gasteiger partial charge in [0.15, 0.2) is 0 Å². The summed E-state index contributed by atoms with van der Waals surface area (Å²) >= 11 is 0. The van der Waals surface area contributed by atoms with E-state index in [1.807, 2.05) is 6.20 Å². The molecule has 0 atom stereocenters. The van der Waals surface area contributed by atoms with Crippen LogP contribution in [0, 0.1) is 5.92 Å². The molecule has 0 saturated heterocycles. The molecule has 5 nitrogen and oxygen atoms in total. The zero-order chi connectivity index (χ0) is 24.6. The van der Waals surface area contributed by atoms with Crippen molar-refractivity contribution in [1.29, 1.82) is 0 Å². The zero-order valence-corrected chi connectivity index (χ0v) is 21.1. The van der Waals surface area contributed by atoms with Crippen LogP contribution < -0.4 is 5.73 Å². The maximum absolute atomic E-state index is 6.43. The van der Waals surface area contributed by atoms with E-state index in [-0.39, 0.29) is 0 Å². The van der Waals surface area contributed by atoms with Crippen LogP contribution >= 0.6 is 0 Å². The van der Waals surface area contributed by atoms with Crippen molar-refractivity contribution in [3.05, 3.63) is 84.9 Å². The highest BCUT2D eigenvalue weighted by molar-refractivity contribution is 5.94. The third-order valence-corrected chi connectivity index (χ3v) is 7.84. The van der Waals surface area contributed by atoms with Gasteiger partial charge in [0.2, 0.25) is 0 Å². The fourth-order valence-corrected chi connectivity index (χ4v) is 5.72. The van der Waals surface area contributed by atoms with Gasteiger partial charge >= 0.3 is 0 Å². The first-order valence-electron chi connectivity index (χ1n) is 13.1. The van der Waals surface area contributed by atoms with Crippen LogP contribution in [0.1, 0.15) is 38.4 Å². The minimum absolute atomic E-state index is 0.457. The SMILES string of the molecule is CCN(CC)CC1CC(c2nc(-c3ccc4ccc(-c5ccccc5)cc4c3)c3c(N)nccn23)C1. The molecule has 0 bridgehead atoms. The van der Waals surface area contributed by atoms with Crippen LogP contribution in [0.15, 0.2) is 79.1 Å². The molecule has 0 amide bonds. The van der Waals surface area contributed by atoms with Gasteiger partial charge in [-0.15, -0.1) is 0 Å². The zero-order valence-electron chi connectivity index (χ0n) is 21.1. The highest BCUT2D eigenvalue weighted by Gasteiger charge is 2.35. The Hall–Kier alpha value is -3.70. The third-order valence-electron chi connectivity index (χ3n) is 7.84. The molecular weight excluding hydrogens is 442 g/mol. The van der Waals surface area contributed by atoms with E-state index < -0.39 is 0 Å². The van der Waals surface area contributed by atoms with Crippen molar-refractivity contribution < 1.29 is 0 Å². The quantitative estimate of drug-likeness (QED) is 0.287. The summed E-state index contributed by atoms with van der Waals surface area (Å²) in [6.45, 7) is 7.90. The van der Waals surface area contributed by atoms with Crippen molar-refractivity contribution in [3.63, 3.8) is 0 Å². The molecule has 0 aliphatic heterocycles. The Morgan fingerprint density at radius 3 is 2.36 bits per heavy atom. The number of rotatable bonds is 7. The van der Waals surface area contributed by atoms with E-state index in [0.717, 1.165) is 41.6 Å². The van der Waals surface area contributed by atoms with E-state index in [4.69, 9.17) is 10.7 Å². The lowest BCUT2D eigenvalue weighted by Gasteiger charge is -2.37. The first-order valence-corrected chi connectivity index (χ1v) is 13.1. The number of nitrogens with zero attached hydrogens (tertiary/aromatic N) is 4. The minimum Gasteiger partial charge on any atom is -0.382 e. The summed E-state index contributed by atoms with van der Waals surface area (Å²) in [5, 5.41) is 2.41. The fraction of sp³-hybridized carbons (Fsp3) is 0.290. The average Bonchev–Trinajstić information content (AvgIpc) is 3.28. The maximum Gasteiger partial charge on any atom is 0.150 e. The van der Waals surface area contributed by atoms with E-state index in [9.17, 15) is 0 Å². The van der Waals surface area contributed by atoms with Crippen molar-refractivity contribution in [3.8, 4) is 22.4 Å². The summed E-state index contributed by atoms with van der Waals surface area (Å²) in [6, 6.07) is 23.7. The standard InChI is InChI=1S/C31H33N5/c1-3-35(4-2)20-21-16-27(17-21)31-34-28(29-30(32)33-14-15-36(29)31)25-13-11-23-10-12-24(18-26(23)19-25)22-8-6-5-7-9-22/h5-15,18-19,21,27H,3-4,16-17,20H2,1-2H3,(H2,32,33). The molecule has 3 aromatic carbocycles. The Kier molecular flexibility index (Phi) is 5.94.